The molecule has 4 rings (SSSR count). The molecule has 1 aliphatic heterocycles. The highest BCUT2D eigenvalue weighted by Gasteiger charge is 2.34. The van der Waals surface area contributed by atoms with Crippen molar-refractivity contribution in [1.29, 1.82) is 0 Å². The van der Waals surface area contributed by atoms with Gasteiger partial charge in [0.15, 0.2) is 0 Å². The number of aryl methyl sites for hydroxylation is 3. The van der Waals surface area contributed by atoms with Crippen molar-refractivity contribution in [3.8, 4) is 0 Å². The van der Waals surface area contributed by atoms with E-state index >= 15 is 0 Å². The zero-order chi connectivity index (χ0) is 18.4. The van der Waals surface area contributed by atoms with Gasteiger partial charge >= 0.3 is 0 Å². The summed E-state index contributed by atoms with van der Waals surface area (Å²) in [6, 6.07) is 9.96. The number of fused-ring (bicyclic) bond motifs is 1. The average molecular weight is 348 g/mol. The van der Waals surface area contributed by atoms with Crippen LogP contribution >= 0.6 is 0 Å². The fourth-order valence-electron chi connectivity index (χ4n) is 4.15. The van der Waals surface area contributed by atoms with E-state index in [4.69, 9.17) is 0 Å². The van der Waals surface area contributed by atoms with Crippen molar-refractivity contribution in [2.24, 2.45) is 7.05 Å². The average Bonchev–Trinajstić information content (AvgIpc) is 3.18. The Balaban J connectivity index is 1.77. The molecule has 0 saturated carbocycles. The Morgan fingerprint density at radius 2 is 1.96 bits per heavy atom. The molecule has 1 unspecified atom stereocenters. The molecule has 1 aliphatic rings. The second-order valence-electron chi connectivity index (χ2n) is 7.19. The summed E-state index contributed by atoms with van der Waals surface area (Å²) in [6.07, 6.45) is 2.00. The largest absolute Gasteiger partial charge is 0.331 e. The van der Waals surface area contributed by atoms with Crippen LogP contribution in [0.15, 0.2) is 30.3 Å². The molecule has 0 radical (unpaired) electrons. The molecule has 1 aromatic carbocycles. The van der Waals surface area contributed by atoms with Gasteiger partial charge in [-0.1, -0.05) is 18.2 Å². The van der Waals surface area contributed by atoms with E-state index in [1.165, 1.54) is 5.56 Å². The molecule has 1 atom stereocenters. The van der Waals surface area contributed by atoms with E-state index in [0.29, 0.717) is 5.56 Å². The van der Waals surface area contributed by atoms with E-state index in [2.05, 4.69) is 17.0 Å². The van der Waals surface area contributed by atoms with Gasteiger partial charge in [-0.2, -0.15) is 5.10 Å². The Hall–Kier alpha value is -2.69. The normalized spacial score (nSPS) is 17.2. The van der Waals surface area contributed by atoms with Gasteiger partial charge in [0, 0.05) is 35.9 Å². The van der Waals surface area contributed by atoms with Crippen LogP contribution in [0.1, 0.15) is 51.9 Å². The van der Waals surface area contributed by atoms with Gasteiger partial charge in [-0.25, -0.2) is 0 Å². The van der Waals surface area contributed by atoms with Crippen molar-refractivity contribution < 1.29 is 4.79 Å². The molecule has 0 bridgehead atoms. The summed E-state index contributed by atoms with van der Waals surface area (Å²) in [5.74, 6) is 0.0684. The van der Waals surface area contributed by atoms with Crippen LogP contribution in [0.3, 0.4) is 0 Å². The standard InChI is InChI=1S/C21H24N4O/c1-13-10-11-16-7-5-8-17(20(16)22-13)21(26)25-12-6-9-18(25)19-14(2)23-24(4)15(19)3/h5,7-8,10-11,18H,6,9,12H2,1-4H3. The number of carbonyl (C=O) groups is 1. The molecule has 3 aromatic rings. The third-order valence-electron chi connectivity index (χ3n) is 5.50. The number of para-hydroxylation sites is 1. The van der Waals surface area contributed by atoms with Crippen molar-refractivity contribution >= 4 is 16.8 Å². The van der Waals surface area contributed by atoms with Crippen LogP contribution in [0.25, 0.3) is 10.9 Å². The highest BCUT2D eigenvalue weighted by molar-refractivity contribution is 6.05. The summed E-state index contributed by atoms with van der Waals surface area (Å²) in [4.78, 5) is 20.1. The minimum absolute atomic E-state index is 0.0684. The van der Waals surface area contributed by atoms with E-state index in [-0.39, 0.29) is 11.9 Å². The predicted molar refractivity (Wildman–Crippen MR) is 102 cm³/mol. The summed E-state index contributed by atoms with van der Waals surface area (Å²) < 4.78 is 1.91. The first kappa shape index (κ1) is 16.8. The van der Waals surface area contributed by atoms with Crippen LogP contribution in [0, 0.1) is 20.8 Å². The number of hydrogen-bond donors (Lipinski definition) is 0. The quantitative estimate of drug-likeness (QED) is 0.706. The smallest absolute Gasteiger partial charge is 0.256 e. The molecule has 5 nitrogen and oxygen atoms in total. The van der Waals surface area contributed by atoms with Gasteiger partial charge in [-0.05, 0) is 45.7 Å². The predicted octanol–water partition coefficient (Wildman–Crippen LogP) is 3.87. The molecule has 134 valence electrons. The Morgan fingerprint density at radius 3 is 2.69 bits per heavy atom. The Kier molecular flexibility index (Phi) is 4.02. The maximum Gasteiger partial charge on any atom is 0.256 e. The van der Waals surface area contributed by atoms with Gasteiger partial charge in [0.05, 0.1) is 22.8 Å². The summed E-state index contributed by atoms with van der Waals surface area (Å²) in [5.41, 5.74) is 5.76. The lowest BCUT2D eigenvalue weighted by Crippen LogP contribution is -2.31. The molecular formula is C21H24N4O. The molecule has 2 aromatic heterocycles. The van der Waals surface area contributed by atoms with Crippen molar-refractivity contribution in [3.05, 3.63) is 58.5 Å². The van der Waals surface area contributed by atoms with Crippen molar-refractivity contribution in [3.63, 3.8) is 0 Å². The maximum absolute atomic E-state index is 13.4. The molecule has 1 amide bonds. The van der Waals surface area contributed by atoms with E-state index in [9.17, 15) is 4.79 Å². The molecule has 0 aliphatic carbocycles. The highest BCUT2D eigenvalue weighted by Crippen LogP contribution is 2.37. The zero-order valence-corrected chi connectivity index (χ0v) is 15.8. The van der Waals surface area contributed by atoms with Crippen LogP contribution in [0.4, 0.5) is 0 Å². The number of hydrogen-bond acceptors (Lipinski definition) is 3. The summed E-state index contributed by atoms with van der Waals surface area (Å²) >= 11 is 0. The summed E-state index contributed by atoms with van der Waals surface area (Å²) in [6.45, 7) is 6.85. The van der Waals surface area contributed by atoms with Gasteiger partial charge in [0.1, 0.15) is 0 Å². The number of amides is 1. The number of pyridine rings is 1. The molecule has 3 heterocycles. The number of carbonyl (C=O) groups excluding carboxylic acids is 1. The minimum Gasteiger partial charge on any atom is -0.331 e. The molecule has 0 N–H and O–H groups in total. The van der Waals surface area contributed by atoms with Gasteiger partial charge < -0.3 is 4.90 Å². The number of benzene rings is 1. The van der Waals surface area contributed by atoms with Crippen LogP contribution in [0.5, 0.6) is 0 Å². The lowest BCUT2D eigenvalue weighted by molar-refractivity contribution is 0.0737. The Bertz CT molecular complexity index is 1000. The fourth-order valence-corrected chi connectivity index (χ4v) is 4.15. The van der Waals surface area contributed by atoms with Crippen molar-refractivity contribution in [2.45, 2.75) is 39.7 Å². The number of likely N-dealkylation sites (tertiary alicyclic amines) is 1. The van der Waals surface area contributed by atoms with Crippen LogP contribution in [-0.4, -0.2) is 32.1 Å². The van der Waals surface area contributed by atoms with E-state index < -0.39 is 0 Å². The van der Waals surface area contributed by atoms with Gasteiger partial charge in [-0.15, -0.1) is 0 Å². The second kappa shape index (κ2) is 6.24. The SMILES string of the molecule is Cc1ccc2cccc(C(=O)N3CCCC3c3c(C)nn(C)c3C)c2n1. The first-order valence-corrected chi connectivity index (χ1v) is 9.15. The minimum atomic E-state index is 0.0684. The Morgan fingerprint density at radius 1 is 1.15 bits per heavy atom. The molecular weight excluding hydrogens is 324 g/mol. The van der Waals surface area contributed by atoms with Crippen LogP contribution in [-0.2, 0) is 7.05 Å². The zero-order valence-electron chi connectivity index (χ0n) is 15.8. The third kappa shape index (κ3) is 2.59. The van der Waals surface area contributed by atoms with Crippen LogP contribution < -0.4 is 0 Å². The number of rotatable bonds is 2. The third-order valence-corrected chi connectivity index (χ3v) is 5.50. The van der Waals surface area contributed by atoms with E-state index in [0.717, 1.165) is 47.4 Å². The summed E-state index contributed by atoms with van der Waals surface area (Å²) in [5, 5.41) is 5.56. The van der Waals surface area contributed by atoms with Gasteiger partial charge in [0.2, 0.25) is 0 Å². The number of nitrogens with zero attached hydrogens (tertiary/aromatic N) is 4. The Labute approximate surface area is 153 Å². The number of aromatic nitrogens is 3. The molecule has 1 saturated heterocycles. The van der Waals surface area contributed by atoms with Crippen molar-refractivity contribution in [2.75, 3.05) is 6.54 Å². The molecule has 0 spiro atoms. The lowest BCUT2D eigenvalue weighted by atomic mass is 10.0. The first-order chi connectivity index (χ1) is 12.5. The molecule has 26 heavy (non-hydrogen) atoms. The lowest BCUT2D eigenvalue weighted by Gasteiger charge is -2.26. The second-order valence-corrected chi connectivity index (χ2v) is 7.19. The fraction of sp³-hybridized carbons (Fsp3) is 0.381. The topological polar surface area (TPSA) is 51.0 Å². The monoisotopic (exact) mass is 348 g/mol. The van der Waals surface area contributed by atoms with Gasteiger partial charge in [0.25, 0.3) is 5.91 Å². The van der Waals surface area contributed by atoms with Crippen LogP contribution in [0.2, 0.25) is 0 Å². The maximum atomic E-state index is 13.4. The van der Waals surface area contributed by atoms with Crippen molar-refractivity contribution in [1.82, 2.24) is 19.7 Å². The van der Waals surface area contributed by atoms with E-state index in [1.54, 1.807) is 0 Å². The highest BCUT2D eigenvalue weighted by atomic mass is 16.2. The molecule has 5 heteroatoms. The van der Waals surface area contributed by atoms with Gasteiger partial charge in [-0.3, -0.25) is 14.5 Å². The first-order valence-electron chi connectivity index (χ1n) is 9.15. The van der Waals surface area contributed by atoms with E-state index in [1.807, 2.05) is 60.8 Å². The molecule has 1 fully saturated rings. The summed E-state index contributed by atoms with van der Waals surface area (Å²) in [7, 11) is 1.96.